The van der Waals surface area contributed by atoms with Crippen LogP contribution >= 0.6 is 0 Å². The minimum absolute atomic E-state index is 0.0389. The fourth-order valence-corrected chi connectivity index (χ4v) is 2.55. The Morgan fingerprint density at radius 2 is 2.11 bits per heavy atom. The predicted octanol–water partition coefficient (Wildman–Crippen LogP) is 2.92. The lowest BCUT2D eigenvalue weighted by Gasteiger charge is -2.20. The molecule has 0 bridgehead atoms. The van der Waals surface area contributed by atoms with E-state index < -0.39 is 12.3 Å². The predicted molar refractivity (Wildman–Crippen MR) is 69.3 cm³/mol. The molecule has 1 fully saturated rings. The third-order valence-electron chi connectivity index (χ3n) is 3.71. The van der Waals surface area contributed by atoms with Crippen LogP contribution in [-0.2, 0) is 11.3 Å². The largest absolute Gasteiger partial charge is 0.445 e. The number of halogens is 1. The normalized spacial score (nSPS) is 28.5. The highest BCUT2D eigenvalue weighted by atomic mass is 19.1. The summed E-state index contributed by atoms with van der Waals surface area (Å²) in [4.78, 5) is 13.5. The van der Waals surface area contributed by atoms with Gasteiger partial charge in [-0.3, -0.25) is 4.90 Å². The number of carbonyl (C=O) groups is 1. The first-order valence-electron chi connectivity index (χ1n) is 6.54. The number of rotatable bonds is 2. The van der Waals surface area contributed by atoms with Crippen LogP contribution in [0.4, 0.5) is 9.18 Å². The van der Waals surface area contributed by atoms with E-state index in [1.807, 2.05) is 42.5 Å². The summed E-state index contributed by atoms with van der Waals surface area (Å²) in [5.74, 6) is -0.0389. The molecule has 1 aromatic rings. The van der Waals surface area contributed by atoms with Crippen LogP contribution in [0, 0.1) is 5.92 Å². The average molecular weight is 261 g/mol. The number of nitrogens with zero attached hydrogens (tertiary/aromatic N) is 1. The van der Waals surface area contributed by atoms with Gasteiger partial charge in [0.2, 0.25) is 0 Å². The molecule has 1 aliphatic carbocycles. The Labute approximate surface area is 111 Å². The van der Waals surface area contributed by atoms with Crippen molar-refractivity contribution < 1.29 is 13.9 Å². The molecule has 1 amide bonds. The quantitative estimate of drug-likeness (QED) is 0.766. The van der Waals surface area contributed by atoms with E-state index >= 15 is 0 Å². The van der Waals surface area contributed by atoms with E-state index in [-0.39, 0.29) is 18.6 Å². The molecule has 3 rings (SSSR count). The Kier molecular flexibility index (Phi) is 3.23. The van der Waals surface area contributed by atoms with Crippen LogP contribution in [0.25, 0.3) is 0 Å². The molecule has 0 spiro atoms. The zero-order chi connectivity index (χ0) is 13.2. The molecule has 1 aliphatic heterocycles. The fraction of sp³-hybridized carbons (Fsp3) is 0.400. The summed E-state index contributed by atoms with van der Waals surface area (Å²) in [5.41, 5.74) is 0.936. The first-order chi connectivity index (χ1) is 9.27. The van der Waals surface area contributed by atoms with Gasteiger partial charge in [-0.15, -0.1) is 0 Å². The molecule has 4 heteroatoms. The first kappa shape index (κ1) is 12.2. The Morgan fingerprint density at radius 1 is 1.32 bits per heavy atom. The number of alkyl halides is 1. The van der Waals surface area contributed by atoms with Crippen LogP contribution < -0.4 is 0 Å². The summed E-state index contributed by atoms with van der Waals surface area (Å²) >= 11 is 0. The number of hydrogen-bond acceptors (Lipinski definition) is 2. The third-order valence-corrected chi connectivity index (χ3v) is 3.71. The molecule has 1 heterocycles. The second kappa shape index (κ2) is 5.03. The first-order valence-corrected chi connectivity index (χ1v) is 6.54. The molecule has 100 valence electrons. The number of hydrogen-bond donors (Lipinski definition) is 0. The summed E-state index contributed by atoms with van der Waals surface area (Å²) < 4.78 is 18.8. The van der Waals surface area contributed by atoms with E-state index in [1.54, 1.807) is 0 Å². The molecule has 19 heavy (non-hydrogen) atoms. The van der Waals surface area contributed by atoms with Gasteiger partial charge in [0.15, 0.2) is 0 Å². The van der Waals surface area contributed by atoms with Gasteiger partial charge in [0.05, 0.1) is 6.04 Å². The fourth-order valence-electron chi connectivity index (χ4n) is 2.55. The Hall–Kier alpha value is -1.84. The molecule has 0 aromatic heterocycles. The number of allylic oxidation sites excluding steroid dienone is 1. The van der Waals surface area contributed by atoms with E-state index in [0.29, 0.717) is 13.0 Å². The monoisotopic (exact) mass is 261 g/mol. The van der Waals surface area contributed by atoms with Crippen molar-refractivity contribution in [2.24, 2.45) is 5.92 Å². The van der Waals surface area contributed by atoms with Crippen molar-refractivity contribution >= 4 is 6.09 Å². The summed E-state index contributed by atoms with van der Waals surface area (Å²) in [6, 6.07) is 9.20. The van der Waals surface area contributed by atoms with Gasteiger partial charge in [-0.2, -0.15) is 0 Å². The lowest BCUT2D eigenvalue weighted by Crippen LogP contribution is -2.35. The number of fused-ring (bicyclic) bond motifs is 1. The standard InChI is InChI=1S/C15H16FNO2/c16-13-12-8-4-5-9-17(14(12)13)15(18)19-10-11-6-2-1-3-7-11/h1-7,12-14H,8-10H2. The zero-order valence-electron chi connectivity index (χ0n) is 10.5. The highest BCUT2D eigenvalue weighted by Gasteiger charge is 2.56. The van der Waals surface area contributed by atoms with Crippen molar-refractivity contribution in [1.29, 1.82) is 0 Å². The van der Waals surface area contributed by atoms with Gasteiger partial charge in [-0.25, -0.2) is 9.18 Å². The number of benzene rings is 1. The van der Waals surface area contributed by atoms with Crippen LogP contribution in [0.1, 0.15) is 12.0 Å². The van der Waals surface area contributed by atoms with Crippen molar-refractivity contribution in [2.75, 3.05) is 6.54 Å². The molecular formula is C15H16FNO2. The van der Waals surface area contributed by atoms with Crippen molar-refractivity contribution in [2.45, 2.75) is 25.2 Å². The molecule has 3 nitrogen and oxygen atoms in total. The highest BCUT2D eigenvalue weighted by molar-refractivity contribution is 5.69. The topological polar surface area (TPSA) is 29.5 Å². The van der Waals surface area contributed by atoms with Crippen LogP contribution in [0.2, 0.25) is 0 Å². The molecule has 0 radical (unpaired) electrons. The van der Waals surface area contributed by atoms with Gasteiger partial charge in [-0.1, -0.05) is 42.5 Å². The van der Waals surface area contributed by atoms with Crippen LogP contribution in [0.3, 0.4) is 0 Å². The van der Waals surface area contributed by atoms with Gasteiger partial charge >= 0.3 is 6.09 Å². The minimum atomic E-state index is -0.894. The maximum absolute atomic E-state index is 13.6. The summed E-state index contributed by atoms with van der Waals surface area (Å²) in [6.45, 7) is 0.670. The molecule has 3 unspecified atom stereocenters. The van der Waals surface area contributed by atoms with Gasteiger partial charge in [0.25, 0.3) is 0 Å². The minimum Gasteiger partial charge on any atom is -0.445 e. The maximum atomic E-state index is 13.6. The molecule has 0 saturated heterocycles. The van der Waals surface area contributed by atoms with Crippen molar-refractivity contribution in [3.05, 3.63) is 48.0 Å². The second-order valence-corrected chi connectivity index (χ2v) is 5.00. The zero-order valence-corrected chi connectivity index (χ0v) is 10.5. The van der Waals surface area contributed by atoms with Crippen LogP contribution in [0.15, 0.2) is 42.5 Å². The van der Waals surface area contributed by atoms with Crippen LogP contribution in [-0.4, -0.2) is 29.8 Å². The molecule has 1 aromatic carbocycles. The second-order valence-electron chi connectivity index (χ2n) is 5.00. The van der Waals surface area contributed by atoms with Gasteiger partial charge in [0.1, 0.15) is 12.8 Å². The smallest absolute Gasteiger partial charge is 0.410 e. The third kappa shape index (κ3) is 2.48. The van der Waals surface area contributed by atoms with Crippen molar-refractivity contribution in [3.8, 4) is 0 Å². The SMILES string of the molecule is O=C(OCc1ccccc1)N1CC=CCC2C(F)C21. The number of ether oxygens (including phenoxy) is 1. The average Bonchev–Trinajstić information content (AvgIpc) is 3.13. The van der Waals surface area contributed by atoms with Crippen molar-refractivity contribution in [1.82, 2.24) is 4.90 Å². The Bertz CT molecular complexity index is 488. The van der Waals surface area contributed by atoms with E-state index in [1.165, 1.54) is 4.90 Å². The Morgan fingerprint density at radius 3 is 2.89 bits per heavy atom. The number of amides is 1. The van der Waals surface area contributed by atoms with Gasteiger partial charge in [0, 0.05) is 12.5 Å². The Balaban J connectivity index is 1.59. The summed E-state index contributed by atoms with van der Waals surface area (Å²) in [7, 11) is 0. The van der Waals surface area contributed by atoms with E-state index in [4.69, 9.17) is 4.74 Å². The lowest BCUT2D eigenvalue weighted by molar-refractivity contribution is 0.0941. The van der Waals surface area contributed by atoms with E-state index in [9.17, 15) is 9.18 Å². The molecule has 0 N–H and O–H groups in total. The van der Waals surface area contributed by atoms with Gasteiger partial charge < -0.3 is 4.74 Å². The van der Waals surface area contributed by atoms with Crippen LogP contribution in [0.5, 0.6) is 0 Å². The molecule has 3 atom stereocenters. The van der Waals surface area contributed by atoms with E-state index in [2.05, 4.69) is 0 Å². The number of carbonyl (C=O) groups excluding carboxylic acids is 1. The summed E-state index contributed by atoms with van der Waals surface area (Å²) in [6.07, 6.45) is 3.25. The lowest BCUT2D eigenvalue weighted by atomic mass is 10.2. The van der Waals surface area contributed by atoms with E-state index in [0.717, 1.165) is 5.56 Å². The van der Waals surface area contributed by atoms with Crippen molar-refractivity contribution in [3.63, 3.8) is 0 Å². The molecule has 2 aliphatic rings. The molecule has 1 saturated carbocycles. The van der Waals surface area contributed by atoms with Gasteiger partial charge in [-0.05, 0) is 12.0 Å². The maximum Gasteiger partial charge on any atom is 0.410 e. The summed E-state index contributed by atoms with van der Waals surface area (Å²) in [5, 5.41) is 0. The highest BCUT2D eigenvalue weighted by Crippen LogP contribution is 2.43. The molecular weight excluding hydrogens is 245 g/mol.